The van der Waals surface area contributed by atoms with Crippen molar-refractivity contribution >= 4 is 11.6 Å². The molecule has 31 heavy (non-hydrogen) atoms. The Hall–Kier alpha value is -3.15. The van der Waals surface area contributed by atoms with Crippen LogP contribution >= 0.6 is 0 Å². The minimum absolute atomic E-state index is 0.0889. The molecule has 2 aromatic rings. The van der Waals surface area contributed by atoms with Gasteiger partial charge in [0.2, 0.25) is 12.7 Å². The average Bonchev–Trinajstić information content (AvgIpc) is 3.45. The fourth-order valence-corrected chi connectivity index (χ4v) is 5.28. The quantitative estimate of drug-likeness (QED) is 0.761. The fourth-order valence-electron chi connectivity index (χ4n) is 5.28. The van der Waals surface area contributed by atoms with Crippen LogP contribution < -0.4 is 19.1 Å². The van der Waals surface area contributed by atoms with Gasteiger partial charge in [0.05, 0.1) is 0 Å². The summed E-state index contributed by atoms with van der Waals surface area (Å²) in [6.45, 7) is 6.61. The summed E-state index contributed by atoms with van der Waals surface area (Å²) in [4.78, 5) is 18.4. The molecule has 0 saturated carbocycles. The second-order valence-corrected chi connectivity index (χ2v) is 9.05. The molecule has 4 heterocycles. The molecule has 0 aromatic heterocycles. The highest BCUT2D eigenvalue weighted by Gasteiger charge is 2.57. The number of anilines is 1. The van der Waals surface area contributed by atoms with Crippen molar-refractivity contribution in [2.45, 2.75) is 31.7 Å². The Bertz CT molecular complexity index is 1090. The van der Waals surface area contributed by atoms with E-state index < -0.39 is 5.41 Å². The third-order valence-electron chi connectivity index (χ3n) is 7.03. The van der Waals surface area contributed by atoms with Gasteiger partial charge in [0.15, 0.2) is 11.5 Å². The second kappa shape index (κ2) is 6.67. The van der Waals surface area contributed by atoms with Crippen molar-refractivity contribution < 1.29 is 19.0 Å². The highest BCUT2D eigenvalue weighted by Crippen LogP contribution is 2.55. The monoisotopic (exact) mass is 418 g/mol. The zero-order valence-corrected chi connectivity index (χ0v) is 17.8. The summed E-state index contributed by atoms with van der Waals surface area (Å²) in [5.74, 6) is 2.48. The van der Waals surface area contributed by atoms with Crippen LogP contribution in [0.2, 0.25) is 0 Å². The van der Waals surface area contributed by atoms with Crippen LogP contribution in [0.4, 0.5) is 5.69 Å². The lowest BCUT2D eigenvalue weighted by molar-refractivity contribution is -0.122. The molecule has 0 radical (unpaired) electrons. The SMILES string of the molecule is CC(C)N1C=CC(CN2C(=O)C3(COc4cc5c(cc43)OCO5)c3ccccc32)CC1. The van der Waals surface area contributed by atoms with Crippen LogP contribution in [0.1, 0.15) is 31.4 Å². The molecule has 2 atom stereocenters. The molecule has 0 saturated heterocycles. The molecule has 0 fully saturated rings. The van der Waals surface area contributed by atoms with E-state index in [4.69, 9.17) is 14.2 Å². The van der Waals surface area contributed by atoms with Crippen LogP contribution in [0.25, 0.3) is 0 Å². The highest BCUT2D eigenvalue weighted by atomic mass is 16.7. The Balaban J connectivity index is 1.38. The maximum atomic E-state index is 14.0. The number of para-hydroxylation sites is 1. The average molecular weight is 418 g/mol. The molecule has 0 N–H and O–H groups in total. The van der Waals surface area contributed by atoms with Crippen LogP contribution in [0, 0.1) is 5.92 Å². The van der Waals surface area contributed by atoms with Crippen molar-refractivity contribution in [3.8, 4) is 17.2 Å². The molecular weight excluding hydrogens is 392 g/mol. The predicted octanol–water partition coefficient (Wildman–Crippen LogP) is 3.68. The third kappa shape index (κ3) is 2.60. The minimum atomic E-state index is -0.824. The van der Waals surface area contributed by atoms with E-state index in [-0.39, 0.29) is 12.7 Å². The number of nitrogens with zero attached hydrogens (tertiary/aromatic N) is 2. The Kier molecular flexibility index (Phi) is 4.01. The maximum Gasteiger partial charge on any atom is 0.245 e. The zero-order chi connectivity index (χ0) is 21.2. The lowest BCUT2D eigenvalue weighted by atomic mass is 9.77. The molecule has 6 rings (SSSR count). The van der Waals surface area contributed by atoms with Crippen molar-refractivity contribution in [2.75, 3.05) is 31.4 Å². The summed E-state index contributed by atoms with van der Waals surface area (Å²) in [6, 6.07) is 12.4. The number of ether oxygens (including phenoxy) is 3. The number of hydrogen-bond donors (Lipinski definition) is 0. The van der Waals surface area contributed by atoms with Gasteiger partial charge in [0.25, 0.3) is 0 Å². The first-order valence-electron chi connectivity index (χ1n) is 11.0. The molecule has 2 unspecified atom stereocenters. The van der Waals surface area contributed by atoms with E-state index in [9.17, 15) is 4.79 Å². The second-order valence-electron chi connectivity index (χ2n) is 9.05. The topological polar surface area (TPSA) is 51.2 Å². The molecule has 2 aromatic carbocycles. The highest BCUT2D eigenvalue weighted by molar-refractivity contribution is 6.11. The Morgan fingerprint density at radius 3 is 2.65 bits per heavy atom. The molecule has 0 aliphatic carbocycles. The molecular formula is C25H26N2O4. The van der Waals surface area contributed by atoms with Crippen LogP contribution in [-0.2, 0) is 10.2 Å². The first kappa shape index (κ1) is 18.6. The van der Waals surface area contributed by atoms with E-state index in [1.54, 1.807) is 0 Å². The molecule has 6 heteroatoms. The van der Waals surface area contributed by atoms with Gasteiger partial charge in [-0.1, -0.05) is 24.3 Å². The van der Waals surface area contributed by atoms with Gasteiger partial charge in [0.1, 0.15) is 17.8 Å². The molecule has 4 aliphatic rings. The van der Waals surface area contributed by atoms with Gasteiger partial charge in [-0.05, 0) is 50.1 Å². The van der Waals surface area contributed by atoms with Crippen molar-refractivity contribution in [1.82, 2.24) is 4.90 Å². The number of fused-ring (bicyclic) bond motifs is 5. The number of carbonyl (C=O) groups is 1. The summed E-state index contributed by atoms with van der Waals surface area (Å²) in [5.41, 5.74) is 2.05. The van der Waals surface area contributed by atoms with Gasteiger partial charge in [-0.25, -0.2) is 0 Å². The summed E-state index contributed by atoms with van der Waals surface area (Å²) in [7, 11) is 0. The number of hydrogen-bond acceptors (Lipinski definition) is 5. The molecule has 4 aliphatic heterocycles. The van der Waals surface area contributed by atoms with Crippen molar-refractivity contribution in [3.05, 3.63) is 59.8 Å². The van der Waals surface area contributed by atoms with Crippen LogP contribution in [0.15, 0.2) is 48.7 Å². The lowest BCUT2D eigenvalue weighted by Gasteiger charge is -2.33. The van der Waals surface area contributed by atoms with Crippen LogP contribution in [-0.4, -0.2) is 43.3 Å². The van der Waals surface area contributed by atoms with E-state index in [0.29, 0.717) is 42.4 Å². The van der Waals surface area contributed by atoms with Crippen molar-refractivity contribution in [1.29, 1.82) is 0 Å². The molecule has 1 amide bonds. The largest absolute Gasteiger partial charge is 0.491 e. The van der Waals surface area contributed by atoms with Gasteiger partial charge < -0.3 is 24.0 Å². The van der Waals surface area contributed by atoms with Gasteiger partial charge in [-0.3, -0.25) is 4.79 Å². The molecule has 160 valence electrons. The fraction of sp³-hybridized carbons (Fsp3) is 0.400. The molecule has 1 spiro atoms. The van der Waals surface area contributed by atoms with E-state index in [2.05, 4.69) is 43.2 Å². The third-order valence-corrected chi connectivity index (χ3v) is 7.03. The Morgan fingerprint density at radius 2 is 1.87 bits per heavy atom. The summed E-state index contributed by atoms with van der Waals surface area (Å²) >= 11 is 0. The summed E-state index contributed by atoms with van der Waals surface area (Å²) in [6.07, 6.45) is 5.48. The summed E-state index contributed by atoms with van der Waals surface area (Å²) < 4.78 is 17.2. The zero-order valence-electron chi connectivity index (χ0n) is 17.8. The molecule has 0 bridgehead atoms. The van der Waals surface area contributed by atoms with Crippen LogP contribution in [0.3, 0.4) is 0 Å². The Morgan fingerprint density at radius 1 is 1.06 bits per heavy atom. The van der Waals surface area contributed by atoms with E-state index in [1.807, 2.05) is 29.2 Å². The predicted molar refractivity (Wildman–Crippen MR) is 117 cm³/mol. The lowest BCUT2D eigenvalue weighted by Crippen LogP contribution is -2.44. The number of carbonyl (C=O) groups excluding carboxylic acids is 1. The van der Waals surface area contributed by atoms with Gasteiger partial charge >= 0.3 is 0 Å². The van der Waals surface area contributed by atoms with Gasteiger partial charge in [-0.15, -0.1) is 0 Å². The van der Waals surface area contributed by atoms with E-state index >= 15 is 0 Å². The van der Waals surface area contributed by atoms with E-state index in [0.717, 1.165) is 29.8 Å². The Labute approximate surface area is 182 Å². The van der Waals surface area contributed by atoms with Gasteiger partial charge in [0, 0.05) is 36.4 Å². The number of benzene rings is 2. The smallest absolute Gasteiger partial charge is 0.245 e. The van der Waals surface area contributed by atoms with Gasteiger partial charge in [-0.2, -0.15) is 0 Å². The minimum Gasteiger partial charge on any atom is -0.491 e. The summed E-state index contributed by atoms with van der Waals surface area (Å²) in [5, 5.41) is 0. The number of rotatable bonds is 3. The van der Waals surface area contributed by atoms with E-state index in [1.165, 1.54) is 0 Å². The normalized spacial score (nSPS) is 25.4. The first-order valence-corrected chi connectivity index (χ1v) is 11.0. The number of amides is 1. The van der Waals surface area contributed by atoms with Crippen molar-refractivity contribution in [2.24, 2.45) is 5.92 Å². The maximum absolute atomic E-state index is 14.0. The standard InChI is InChI=1S/C25H26N2O4/c1-16(2)26-9-7-17(8-10-26)13-27-20-6-4-3-5-18(20)25(24(27)28)14-29-21-12-23-22(11-19(21)25)30-15-31-23/h3-7,9,11-12,16-17H,8,10,13-15H2,1-2H3. The molecule has 6 nitrogen and oxygen atoms in total. The van der Waals surface area contributed by atoms with Crippen molar-refractivity contribution in [3.63, 3.8) is 0 Å². The van der Waals surface area contributed by atoms with Crippen LogP contribution in [0.5, 0.6) is 17.2 Å². The first-order chi connectivity index (χ1) is 15.1.